The number of aryl methyl sites for hydroxylation is 1. The largest absolute Gasteiger partial charge is 0.462 e. The van der Waals surface area contributed by atoms with Crippen molar-refractivity contribution in [3.05, 3.63) is 126 Å². The smallest absolute Gasteiger partial charge is 0.339 e. The van der Waals surface area contributed by atoms with Gasteiger partial charge < -0.3 is 9.47 Å². The maximum absolute atomic E-state index is 12.8. The van der Waals surface area contributed by atoms with E-state index < -0.39 is 5.97 Å². The highest BCUT2D eigenvalue weighted by Gasteiger charge is 2.20. The van der Waals surface area contributed by atoms with Gasteiger partial charge in [0.15, 0.2) is 5.65 Å². The Hall–Kier alpha value is -4.71. The van der Waals surface area contributed by atoms with Gasteiger partial charge in [-0.1, -0.05) is 67.8 Å². The normalized spacial score (nSPS) is 11.6. The van der Waals surface area contributed by atoms with Crippen molar-refractivity contribution < 1.29 is 14.3 Å². The second kappa shape index (κ2) is 11.8. The summed E-state index contributed by atoms with van der Waals surface area (Å²) in [6, 6.07) is 19.2. The van der Waals surface area contributed by atoms with Crippen molar-refractivity contribution in [3.63, 3.8) is 0 Å². The Kier molecular flexibility index (Phi) is 8.11. The Balaban J connectivity index is 1.69. The van der Waals surface area contributed by atoms with Gasteiger partial charge in [-0.2, -0.15) is 5.10 Å². The average molecular weight is 492 g/mol. The summed E-state index contributed by atoms with van der Waals surface area (Å²) >= 11 is 0. The van der Waals surface area contributed by atoms with Crippen molar-refractivity contribution in [3.8, 4) is 11.5 Å². The molecule has 0 aliphatic rings. The van der Waals surface area contributed by atoms with Gasteiger partial charge in [-0.3, -0.25) is 0 Å². The summed E-state index contributed by atoms with van der Waals surface area (Å²) in [4.78, 5) is 17.7. The lowest BCUT2D eigenvalue weighted by atomic mass is 10.1. The van der Waals surface area contributed by atoms with Crippen LogP contribution in [-0.4, -0.2) is 27.3 Å². The third-order valence-electron chi connectivity index (χ3n) is 5.62. The molecule has 0 fully saturated rings. The van der Waals surface area contributed by atoms with Crippen LogP contribution >= 0.6 is 0 Å². The van der Waals surface area contributed by atoms with Crippen molar-refractivity contribution in [2.75, 3.05) is 6.61 Å². The lowest BCUT2D eigenvalue weighted by Gasteiger charge is -2.09. The van der Waals surface area contributed by atoms with Gasteiger partial charge in [0.05, 0.1) is 35.5 Å². The van der Waals surface area contributed by atoms with E-state index in [1.54, 1.807) is 25.1 Å². The molecule has 0 bridgehead atoms. The Labute approximate surface area is 216 Å². The van der Waals surface area contributed by atoms with Crippen LogP contribution in [0.15, 0.2) is 104 Å². The molecule has 0 unspecified atom stereocenters. The minimum absolute atomic E-state index is 0.279. The Morgan fingerprint density at radius 1 is 1.05 bits per heavy atom. The van der Waals surface area contributed by atoms with Crippen molar-refractivity contribution in [1.29, 1.82) is 0 Å². The van der Waals surface area contributed by atoms with Gasteiger partial charge >= 0.3 is 5.97 Å². The molecule has 0 saturated carbocycles. The molecule has 6 heteroatoms. The van der Waals surface area contributed by atoms with Crippen LogP contribution in [-0.2, 0) is 11.3 Å². The van der Waals surface area contributed by atoms with Gasteiger partial charge in [-0.25, -0.2) is 14.5 Å². The summed E-state index contributed by atoms with van der Waals surface area (Å²) in [5.74, 6) is 1.13. The van der Waals surface area contributed by atoms with Crippen LogP contribution in [0.25, 0.3) is 17.1 Å². The fourth-order valence-electron chi connectivity index (χ4n) is 3.91. The van der Waals surface area contributed by atoms with Crippen molar-refractivity contribution in [2.45, 2.75) is 20.4 Å². The number of hydrogen-bond donors (Lipinski definition) is 0. The molecular formula is C31H29N3O3. The molecule has 0 spiro atoms. The molecule has 37 heavy (non-hydrogen) atoms. The number of allylic oxidation sites excluding steroid dienone is 5. The highest BCUT2D eigenvalue weighted by atomic mass is 16.5. The first-order valence-corrected chi connectivity index (χ1v) is 12.0. The van der Waals surface area contributed by atoms with Gasteiger partial charge in [0, 0.05) is 0 Å². The van der Waals surface area contributed by atoms with Gasteiger partial charge in [0.1, 0.15) is 11.5 Å². The highest BCUT2D eigenvalue weighted by Crippen LogP contribution is 2.26. The number of nitrogens with zero attached hydrogens (tertiary/aromatic N) is 3. The number of benzene rings is 2. The molecule has 0 saturated heterocycles. The predicted octanol–water partition coefficient (Wildman–Crippen LogP) is 7.07. The molecule has 186 valence electrons. The number of carbonyl (C=O) groups excluding carboxylic acids is 1. The fraction of sp³-hybridized carbons (Fsp3) is 0.129. The molecule has 6 nitrogen and oxygen atoms in total. The van der Waals surface area contributed by atoms with Crippen LogP contribution < -0.4 is 4.74 Å². The van der Waals surface area contributed by atoms with E-state index in [2.05, 4.69) is 13.2 Å². The number of aromatic nitrogens is 3. The number of rotatable bonds is 10. The van der Waals surface area contributed by atoms with E-state index in [4.69, 9.17) is 19.6 Å². The molecule has 0 aliphatic carbocycles. The summed E-state index contributed by atoms with van der Waals surface area (Å²) in [6.07, 6.45) is 8.96. The summed E-state index contributed by atoms with van der Waals surface area (Å²) in [7, 11) is 0. The molecular weight excluding hydrogens is 462 g/mol. The lowest BCUT2D eigenvalue weighted by Crippen LogP contribution is -2.08. The van der Waals surface area contributed by atoms with Crippen LogP contribution in [0, 0.1) is 6.92 Å². The van der Waals surface area contributed by atoms with Gasteiger partial charge in [0.2, 0.25) is 0 Å². The van der Waals surface area contributed by atoms with Crippen LogP contribution in [0.1, 0.15) is 34.2 Å². The SMILES string of the molecule is C=C/C=C(C=C)/C=C/c1cc(C(=O)OCC)c2c(C)nn(Cc3ccc(Oc4ccccc4)cc3)c2n1. The molecule has 2 aromatic carbocycles. The molecule has 0 N–H and O–H groups in total. The molecule has 0 atom stereocenters. The average Bonchev–Trinajstić information content (AvgIpc) is 3.22. The maximum atomic E-state index is 12.8. The molecule has 2 heterocycles. The van der Waals surface area contributed by atoms with E-state index in [9.17, 15) is 4.79 Å². The molecule has 2 aromatic heterocycles. The number of esters is 1. The first-order chi connectivity index (χ1) is 18.0. The van der Waals surface area contributed by atoms with E-state index in [-0.39, 0.29) is 6.61 Å². The Morgan fingerprint density at radius 3 is 2.46 bits per heavy atom. The van der Waals surface area contributed by atoms with E-state index in [1.165, 1.54) is 0 Å². The zero-order chi connectivity index (χ0) is 26.2. The summed E-state index contributed by atoms with van der Waals surface area (Å²) in [6.45, 7) is 12.0. The minimum atomic E-state index is -0.403. The van der Waals surface area contributed by atoms with Crippen molar-refractivity contribution in [2.24, 2.45) is 0 Å². The summed E-state index contributed by atoms with van der Waals surface area (Å²) in [5.41, 5.74) is 4.27. The van der Waals surface area contributed by atoms with Crippen molar-refractivity contribution >= 4 is 23.1 Å². The van der Waals surface area contributed by atoms with Gasteiger partial charge in [0.25, 0.3) is 0 Å². The molecule has 0 aliphatic heterocycles. The van der Waals surface area contributed by atoms with Crippen LogP contribution in [0.4, 0.5) is 0 Å². The van der Waals surface area contributed by atoms with E-state index in [1.807, 2.05) is 84.4 Å². The predicted molar refractivity (Wildman–Crippen MR) is 148 cm³/mol. The second-order valence-electron chi connectivity index (χ2n) is 8.26. The number of para-hydroxylation sites is 1. The topological polar surface area (TPSA) is 66.2 Å². The second-order valence-corrected chi connectivity index (χ2v) is 8.26. The molecule has 4 rings (SSSR count). The third kappa shape index (κ3) is 6.11. The first kappa shape index (κ1) is 25.4. The standard InChI is InChI=1S/C31H29N3O3/c1-5-11-23(6-2)14-17-25-20-28(31(35)36-7-3)29-22(4)33-34(30(29)32-25)21-24-15-18-27(19-16-24)37-26-12-9-8-10-13-26/h5-6,8-20H,1-2,7,21H2,3-4H3/b17-14+,23-11+. The molecule has 0 amide bonds. The zero-order valence-electron chi connectivity index (χ0n) is 21.1. The van der Waals surface area contributed by atoms with Crippen LogP contribution in [0.3, 0.4) is 0 Å². The fourth-order valence-corrected chi connectivity index (χ4v) is 3.91. The van der Waals surface area contributed by atoms with Gasteiger partial charge in [-0.15, -0.1) is 0 Å². The number of hydrogen-bond acceptors (Lipinski definition) is 5. The zero-order valence-corrected chi connectivity index (χ0v) is 21.1. The number of ether oxygens (including phenoxy) is 2. The number of carbonyl (C=O) groups is 1. The van der Waals surface area contributed by atoms with Crippen LogP contribution in [0.2, 0.25) is 0 Å². The number of pyridine rings is 1. The first-order valence-electron chi connectivity index (χ1n) is 12.0. The maximum Gasteiger partial charge on any atom is 0.339 e. The minimum Gasteiger partial charge on any atom is -0.462 e. The Bertz CT molecular complexity index is 1480. The monoisotopic (exact) mass is 491 g/mol. The van der Waals surface area contributed by atoms with Gasteiger partial charge in [-0.05, 0) is 61.4 Å². The molecule has 0 radical (unpaired) electrons. The third-order valence-corrected chi connectivity index (χ3v) is 5.62. The number of fused-ring (bicyclic) bond motifs is 1. The summed E-state index contributed by atoms with van der Waals surface area (Å²) in [5, 5.41) is 5.40. The Morgan fingerprint density at radius 2 is 1.78 bits per heavy atom. The highest BCUT2D eigenvalue weighted by molar-refractivity contribution is 6.04. The quantitative estimate of drug-likeness (QED) is 0.175. The summed E-state index contributed by atoms with van der Waals surface area (Å²) < 4.78 is 13.0. The lowest BCUT2D eigenvalue weighted by molar-refractivity contribution is 0.0528. The van der Waals surface area contributed by atoms with E-state index >= 15 is 0 Å². The van der Waals surface area contributed by atoms with E-state index in [0.717, 1.165) is 22.6 Å². The van der Waals surface area contributed by atoms with Crippen LogP contribution in [0.5, 0.6) is 11.5 Å². The molecule has 4 aromatic rings. The van der Waals surface area contributed by atoms with E-state index in [0.29, 0.717) is 34.5 Å². The van der Waals surface area contributed by atoms with Crippen molar-refractivity contribution in [1.82, 2.24) is 14.8 Å².